The van der Waals surface area contributed by atoms with Gasteiger partial charge in [0.15, 0.2) is 5.82 Å². The van der Waals surface area contributed by atoms with Gasteiger partial charge >= 0.3 is 0 Å². The number of nitrogens with two attached hydrogens (primary N) is 1. The Morgan fingerprint density at radius 2 is 2.00 bits per heavy atom. The molecule has 0 spiro atoms. The number of halogens is 1. The summed E-state index contributed by atoms with van der Waals surface area (Å²) < 4.78 is 13.0. The molecule has 88 valence electrons. The fraction of sp³-hybridized carbons (Fsp3) is 0.231. The fourth-order valence-corrected chi connectivity index (χ4v) is 1.69. The molecule has 0 aliphatic rings. The molecule has 2 N–H and O–H groups in total. The first-order chi connectivity index (χ1) is 8.11. The SMILES string of the molecule is Cc1cc(F)ccc1-c1ncc(C)c(CN)n1. The molecule has 0 fully saturated rings. The molecule has 0 aliphatic heterocycles. The molecule has 0 unspecified atom stereocenters. The van der Waals surface area contributed by atoms with Crippen LogP contribution < -0.4 is 5.73 Å². The molecule has 2 rings (SSSR count). The first-order valence-corrected chi connectivity index (χ1v) is 5.41. The molecule has 0 bridgehead atoms. The third-order valence-corrected chi connectivity index (χ3v) is 2.70. The molecular weight excluding hydrogens is 217 g/mol. The number of nitrogens with zero attached hydrogens (tertiary/aromatic N) is 2. The van der Waals surface area contributed by atoms with Crippen molar-refractivity contribution in [3.8, 4) is 11.4 Å². The Balaban J connectivity index is 2.53. The predicted octanol–water partition coefficient (Wildman–Crippen LogP) is 2.36. The lowest BCUT2D eigenvalue weighted by Gasteiger charge is -2.07. The normalized spacial score (nSPS) is 10.6. The van der Waals surface area contributed by atoms with E-state index in [1.807, 2.05) is 13.8 Å². The Bertz CT molecular complexity index is 552. The number of rotatable bonds is 2. The van der Waals surface area contributed by atoms with E-state index in [-0.39, 0.29) is 5.82 Å². The monoisotopic (exact) mass is 231 g/mol. The van der Waals surface area contributed by atoms with Crippen LogP contribution in [0.1, 0.15) is 16.8 Å². The van der Waals surface area contributed by atoms with Crippen molar-refractivity contribution >= 4 is 0 Å². The second kappa shape index (κ2) is 4.59. The molecular formula is C13H14FN3. The average Bonchev–Trinajstić information content (AvgIpc) is 2.30. The van der Waals surface area contributed by atoms with Gasteiger partial charge in [-0.3, -0.25) is 0 Å². The van der Waals surface area contributed by atoms with Gasteiger partial charge in [-0.15, -0.1) is 0 Å². The van der Waals surface area contributed by atoms with Crippen LogP contribution in [0.4, 0.5) is 4.39 Å². The standard InChI is InChI=1S/C13H14FN3/c1-8-5-10(14)3-4-11(8)13-16-7-9(2)12(6-15)17-13/h3-5,7H,6,15H2,1-2H3. The van der Waals surface area contributed by atoms with Gasteiger partial charge in [0.25, 0.3) is 0 Å². The lowest BCUT2D eigenvalue weighted by atomic mass is 10.1. The van der Waals surface area contributed by atoms with Crippen molar-refractivity contribution in [1.29, 1.82) is 0 Å². The molecule has 17 heavy (non-hydrogen) atoms. The highest BCUT2D eigenvalue weighted by molar-refractivity contribution is 5.59. The topological polar surface area (TPSA) is 51.8 Å². The van der Waals surface area contributed by atoms with E-state index in [4.69, 9.17) is 5.73 Å². The largest absolute Gasteiger partial charge is 0.325 e. The van der Waals surface area contributed by atoms with E-state index < -0.39 is 0 Å². The summed E-state index contributed by atoms with van der Waals surface area (Å²) in [5.74, 6) is 0.339. The van der Waals surface area contributed by atoms with Gasteiger partial charge in [-0.05, 0) is 43.2 Å². The van der Waals surface area contributed by atoms with Crippen molar-refractivity contribution in [3.05, 3.63) is 47.0 Å². The molecule has 0 saturated heterocycles. The summed E-state index contributed by atoms with van der Waals surface area (Å²) in [5.41, 5.74) is 9.05. The molecule has 0 radical (unpaired) electrons. The maximum Gasteiger partial charge on any atom is 0.159 e. The molecule has 0 amide bonds. The molecule has 0 atom stereocenters. The Kier molecular flexibility index (Phi) is 3.15. The van der Waals surface area contributed by atoms with Crippen LogP contribution in [0.5, 0.6) is 0 Å². The smallest absolute Gasteiger partial charge is 0.159 e. The molecule has 0 saturated carbocycles. The Morgan fingerprint density at radius 1 is 1.24 bits per heavy atom. The summed E-state index contributed by atoms with van der Waals surface area (Å²) in [4.78, 5) is 8.65. The van der Waals surface area contributed by atoms with Gasteiger partial charge in [-0.2, -0.15) is 0 Å². The van der Waals surface area contributed by atoms with Crippen LogP contribution in [-0.2, 0) is 6.54 Å². The zero-order valence-electron chi connectivity index (χ0n) is 9.87. The highest BCUT2D eigenvalue weighted by Gasteiger charge is 2.08. The number of hydrogen-bond acceptors (Lipinski definition) is 3. The second-order valence-electron chi connectivity index (χ2n) is 3.99. The Morgan fingerprint density at radius 3 is 2.65 bits per heavy atom. The minimum absolute atomic E-state index is 0.252. The Labute approximate surface area is 99.5 Å². The van der Waals surface area contributed by atoms with E-state index in [2.05, 4.69) is 9.97 Å². The van der Waals surface area contributed by atoms with Gasteiger partial charge in [0.05, 0.1) is 5.69 Å². The van der Waals surface area contributed by atoms with E-state index in [9.17, 15) is 4.39 Å². The number of hydrogen-bond donors (Lipinski definition) is 1. The van der Waals surface area contributed by atoms with E-state index in [1.54, 1.807) is 12.3 Å². The fourth-order valence-electron chi connectivity index (χ4n) is 1.69. The molecule has 3 nitrogen and oxygen atoms in total. The second-order valence-corrected chi connectivity index (χ2v) is 3.99. The van der Waals surface area contributed by atoms with Crippen LogP contribution in [0.25, 0.3) is 11.4 Å². The van der Waals surface area contributed by atoms with Gasteiger partial charge in [0, 0.05) is 18.3 Å². The quantitative estimate of drug-likeness (QED) is 0.863. The van der Waals surface area contributed by atoms with E-state index >= 15 is 0 Å². The first-order valence-electron chi connectivity index (χ1n) is 5.41. The van der Waals surface area contributed by atoms with Crippen molar-refractivity contribution in [1.82, 2.24) is 9.97 Å². The molecule has 1 heterocycles. The zero-order chi connectivity index (χ0) is 12.4. The van der Waals surface area contributed by atoms with Crippen LogP contribution in [0.3, 0.4) is 0 Å². The van der Waals surface area contributed by atoms with Crippen molar-refractivity contribution in [3.63, 3.8) is 0 Å². The maximum absolute atomic E-state index is 13.0. The number of aryl methyl sites for hydroxylation is 2. The molecule has 2 aromatic rings. The lowest BCUT2D eigenvalue weighted by molar-refractivity contribution is 0.627. The van der Waals surface area contributed by atoms with Crippen molar-refractivity contribution < 1.29 is 4.39 Å². The molecule has 1 aromatic carbocycles. The molecule has 4 heteroatoms. The van der Waals surface area contributed by atoms with Crippen LogP contribution in [0.15, 0.2) is 24.4 Å². The molecule has 1 aromatic heterocycles. The van der Waals surface area contributed by atoms with E-state index in [1.165, 1.54) is 12.1 Å². The number of benzene rings is 1. The summed E-state index contributed by atoms with van der Waals surface area (Å²) >= 11 is 0. The summed E-state index contributed by atoms with van der Waals surface area (Å²) in [7, 11) is 0. The summed E-state index contributed by atoms with van der Waals surface area (Å²) in [5, 5.41) is 0. The van der Waals surface area contributed by atoms with Crippen molar-refractivity contribution in [2.24, 2.45) is 5.73 Å². The first kappa shape index (κ1) is 11.7. The maximum atomic E-state index is 13.0. The average molecular weight is 231 g/mol. The van der Waals surface area contributed by atoms with Crippen LogP contribution in [-0.4, -0.2) is 9.97 Å². The summed E-state index contributed by atoms with van der Waals surface area (Å²) in [6, 6.07) is 4.57. The third kappa shape index (κ3) is 2.31. The highest BCUT2D eigenvalue weighted by Crippen LogP contribution is 2.21. The van der Waals surface area contributed by atoms with Crippen molar-refractivity contribution in [2.45, 2.75) is 20.4 Å². The minimum Gasteiger partial charge on any atom is -0.325 e. The number of aromatic nitrogens is 2. The van der Waals surface area contributed by atoms with Gasteiger partial charge in [-0.1, -0.05) is 0 Å². The van der Waals surface area contributed by atoms with E-state index in [0.29, 0.717) is 12.4 Å². The van der Waals surface area contributed by atoms with E-state index in [0.717, 1.165) is 22.4 Å². The lowest BCUT2D eigenvalue weighted by Crippen LogP contribution is -2.05. The Hall–Kier alpha value is -1.81. The van der Waals surface area contributed by atoms with Gasteiger partial charge < -0.3 is 5.73 Å². The van der Waals surface area contributed by atoms with Gasteiger partial charge in [0.2, 0.25) is 0 Å². The highest BCUT2D eigenvalue weighted by atomic mass is 19.1. The zero-order valence-corrected chi connectivity index (χ0v) is 9.87. The summed E-state index contributed by atoms with van der Waals surface area (Å²) in [6.45, 7) is 4.13. The molecule has 0 aliphatic carbocycles. The minimum atomic E-state index is -0.252. The predicted molar refractivity (Wildman–Crippen MR) is 64.8 cm³/mol. The van der Waals surface area contributed by atoms with Crippen LogP contribution >= 0.6 is 0 Å². The van der Waals surface area contributed by atoms with Crippen LogP contribution in [0.2, 0.25) is 0 Å². The van der Waals surface area contributed by atoms with Crippen molar-refractivity contribution in [2.75, 3.05) is 0 Å². The van der Waals surface area contributed by atoms with Gasteiger partial charge in [-0.25, -0.2) is 14.4 Å². The van der Waals surface area contributed by atoms with Crippen LogP contribution in [0, 0.1) is 19.7 Å². The third-order valence-electron chi connectivity index (χ3n) is 2.70. The van der Waals surface area contributed by atoms with Gasteiger partial charge in [0.1, 0.15) is 5.82 Å². The summed E-state index contributed by atoms with van der Waals surface area (Å²) in [6.07, 6.45) is 1.74.